The van der Waals surface area contributed by atoms with Crippen LogP contribution in [0.25, 0.3) is 33.0 Å². The molecule has 1 heteroatoms. The Bertz CT molecular complexity index is 2610. The molecule has 0 atom stereocenters. The molecule has 0 fully saturated rings. The van der Waals surface area contributed by atoms with E-state index >= 15 is 0 Å². The van der Waals surface area contributed by atoms with Crippen molar-refractivity contribution in [2.75, 3.05) is 4.90 Å². The molecule has 2 aliphatic carbocycles. The van der Waals surface area contributed by atoms with E-state index in [0.717, 1.165) is 11.4 Å². The van der Waals surface area contributed by atoms with Gasteiger partial charge in [0, 0.05) is 33.8 Å². The highest BCUT2D eigenvalue weighted by molar-refractivity contribution is 6.05. The highest BCUT2D eigenvalue weighted by Gasteiger charge is 2.43. The van der Waals surface area contributed by atoms with Gasteiger partial charge in [0.05, 0.1) is 0 Å². The molecule has 0 aromatic heterocycles. The van der Waals surface area contributed by atoms with Gasteiger partial charge in [0.15, 0.2) is 0 Å². The zero-order chi connectivity index (χ0) is 36.6. The van der Waals surface area contributed by atoms with Gasteiger partial charge in [-0.3, -0.25) is 0 Å². The molecule has 0 saturated carbocycles. The molecule has 1 nitrogen and oxygen atoms in total. The van der Waals surface area contributed by atoms with Crippen molar-refractivity contribution in [3.8, 4) is 22.3 Å². The molecule has 8 aromatic rings. The molecule has 0 radical (unpaired) electrons. The molecule has 0 spiro atoms. The first kappa shape index (κ1) is 32.5. The molecule has 0 saturated heterocycles. The van der Waals surface area contributed by atoms with Crippen molar-refractivity contribution in [1.29, 1.82) is 0 Å². The minimum Gasteiger partial charge on any atom is -0.310 e. The molecule has 0 N–H and O–H groups in total. The second kappa shape index (κ2) is 12.2. The highest BCUT2D eigenvalue weighted by Crippen LogP contribution is 2.59. The van der Waals surface area contributed by atoms with Crippen LogP contribution in [-0.2, 0) is 10.8 Å². The van der Waals surface area contributed by atoms with Gasteiger partial charge in [-0.2, -0.15) is 0 Å². The van der Waals surface area contributed by atoms with E-state index < -0.39 is 0 Å². The summed E-state index contributed by atoms with van der Waals surface area (Å²) in [6.07, 6.45) is 0. The van der Waals surface area contributed by atoms with Gasteiger partial charge in [0.25, 0.3) is 0 Å². The fraction of sp³-hybridized carbons (Fsp3) is 0.132. The zero-order valence-electron chi connectivity index (χ0n) is 31.3. The summed E-state index contributed by atoms with van der Waals surface area (Å²) >= 11 is 0. The second-order valence-corrected chi connectivity index (χ2v) is 16.1. The lowest BCUT2D eigenvalue weighted by molar-refractivity contribution is 0.651. The highest BCUT2D eigenvalue weighted by atomic mass is 15.1. The summed E-state index contributed by atoms with van der Waals surface area (Å²) in [6.45, 7) is 9.69. The summed E-state index contributed by atoms with van der Waals surface area (Å²) in [5.41, 5.74) is 18.2. The molecule has 0 bridgehead atoms. The van der Waals surface area contributed by atoms with Crippen molar-refractivity contribution in [2.45, 2.75) is 44.4 Å². The summed E-state index contributed by atoms with van der Waals surface area (Å²) in [7, 11) is 0. The summed E-state index contributed by atoms with van der Waals surface area (Å²) in [5.74, 6) is 0.124. The molecule has 8 aromatic carbocycles. The van der Waals surface area contributed by atoms with Crippen molar-refractivity contribution in [2.24, 2.45) is 0 Å². The van der Waals surface area contributed by atoms with Gasteiger partial charge in [-0.1, -0.05) is 161 Å². The Morgan fingerprint density at radius 1 is 0.370 bits per heavy atom. The lowest BCUT2D eigenvalue weighted by Gasteiger charge is -2.28. The molecule has 260 valence electrons. The van der Waals surface area contributed by atoms with Crippen molar-refractivity contribution in [1.82, 2.24) is 0 Å². The Balaban J connectivity index is 1.15. The van der Waals surface area contributed by atoms with E-state index in [1.807, 2.05) is 0 Å². The number of hydrogen-bond donors (Lipinski definition) is 0. The largest absolute Gasteiger partial charge is 0.310 e. The topological polar surface area (TPSA) is 3.24 Å². The Hall–Kier alpha value is -6.18. The van der Waals surface area contributed by atoms with Crippen molar-refractivity contribution in [3.05, 3.63) is 221 Å². The first-order valence-electron chi connectivity index (χ1n) is 19.2. The first-order valence-corrected chi connectivity index (χ1v) is 19.2. The molecule has 10 rings (SSSR count). The third-order valence-electron chi connectivity index (χ3n) is 12.4. The maximum Gasteiger partial charge on any atom is 0.0465 e. The van der Waals surface area contributed by atoms with Gasteiger partial charge >= 0.3 is 0 Å². The van der Waals surface area contributed by atoms with E-state index in [-0.39, 0.29) is 16.7 Å². The van der Waals surface area contributed by atoms with Crippen LogP contribution >= 0.6 is 0 Å². The van der Waals surface area contributed by atoms with E-state index in [1.54, 1.807) is 0 Å². The maximum absolute atomic E-state index is 2.56. The fourth-order valence-electron chi connectivity index (χ4n) is 9.65. The predicted octanol–water partition coefficient (Wildman–Crippen LogP) is 14.1. The van der Waals surface area contributed by atoms with Crippen molar-refractivity contribution < 1.29 is 0 Å². The third-order valence-corrected chi connectivity index (χ3v) is 12.4. The Kier molecular flexibility index (Phi) is 7.33. The van der Waals surface area contributed by atoms with Crippen molar-refractivity contribution in [3.63, 3.8) is 0 Å². The lowest BCUT2D eigenvalue weighted by Crippen LogP contribution is -2.18. The van der Waals surface area contributed by atoms with E-state index in [2.05, 4.69) is 215 Å². The number of benzene rings is 8. The Labute approximate surface area is 319 Å². The van der Waals surface area contributed by atoms with Gasteiger partial charge in [-0.15, -0.1) is 0 Å². The number of anilines is 3. The van der Waals surface area contributed by atoms with Gasteiger partial charge in [0.1, 0.15) is 0 Å². The predicted molar refractivity (Wildman–Crippen MR) is 228 cm³/mol. The van der Waals surface area contributed by atoms with E-state index in [4.69, 9.17) is 0 Å². The fourth-order valence-corrected chi connectivity index (χ4v) is 9.65. The third kappa shape index (κ3) is 4.85. The zero-order valence-corrected chi connectivity index (χ0v) is 31.3. The molecule has 0 unspecified atom stereocenters. The van der Waals surface area contributed by atoms with Crippen LogP contribution in [0.4, 0.5) is 17.1 Å². The van der Waals surface area contributed by atoms with E-state index in [1.165, 1.54) is 77.7 Å². The summed E-state index contributed by atoms with van der Waals surface area (Å²) in [5, 5.41) is 2.66. The maximum atomic E-state index is 2.56. The molecule has 54 heavy (non-hydrogen) atoms. The van der Waals surface area contributed by atoms with Crippen LogP contribution < -0.4 is 4.90 Å². The standard InChI is InChI=1S/C53H43N/c1-52(2)46-31-39(54(37-23-13-7-14-24-37)38-25-15-8-16-26-38)29-30-41(46)43-32-48-45(34-47(43)52)51-42-28-18-17-27-40(42)44(33-49(51)53(48,3)4)50(35-19-9-5-10-20-35)36-21-11-6-12-22-36/h5-34,50H,1-4H3. The van der Waals surface area contributed by atoms with E-state index in [9.17, 15) is 0 Å². The monoisotopic (exact) mass is 693 g/mol. The summed E-state index contributed by atoms with van der Waals surface area (Å²) < 4.78 is 0. The van der Waals surface area contributed by atoms with Gasteiger partial charge in [0.2, 0.25) is 0 Å². The quantitative estimate of drug-likeness (QED) is 0.157. The molecule has 0 amide bonds. The molecule has 0 aliphatic heterocycles. The molecular weight excluding hydrogens is 651 g/mol. The van der Waals surface area contributed by atoms with Crippen LogP contribution in [-0.4, -0.2) is 0 Å². The van der Waals surface area contributed by atoms with Crippen LogP contribution in [0.5, 0.6) is 0 Å². The number of fused-ring (bicyclic) bond motifs is 8. The molecular formula is C53H43N. The van der Waals surface area contributed by atoms with Crippen LogP contribution in [0, 0.1) is 0 Å². The number of para-hydroxylation sites is 2. The van der Waals surface area contributed by atoms with Crippen LogP contribution in [0.2, 0.25) is 0 Å². The van der Waals surface area contributed by atoms with Gasteiger partial charge in [-0.25, -0.2) is 0 Å². The van der Waals surface area contributed by atoms with Crippen LogP contribution in [0.3, 0.4) is 0 Å². The average Bonchev–Trinajstić information content (AvgIpc) is 3.57. The summed E-state index contributed by atoms with van der Waals surface area (Å²) in [6, 6.07) is 67.4. The van der Waals surface area contributed by atoms with Crippen LogP contribution in [0.1, 0.15) is 72.6 Å². The molecule has 0 heterocycles. The summed E-state index contributed by atoms with van der Waals surface area (Å²) in [4.78, 5) is 2.38. The Morgan fingerprint density at radius 2 is 0.833 bits per heavy atom. The number of hydrogen-bond acceptors (Lipinski definition) is 1. The number of rotatable bonds is 6. The van der Waals surface area contributed by atoms with Gasteiger partial charge < -0.3 is 4.90 Å². The second-order valence-electron chi connectivity index (χ2n) is 16.1. The van der Waals surface area contributed by atoms with Crippen molar-refractivity contribution >= 4 is 27.8 Å². The number of nitrogens with zero attached hydrogens (tertiary/aromatic N) is 1. The Morgan fingerprint density at radius 3 is 1.43 bits per heavy atom. The normalized spacial score (nSPS) is 14.4. The minimum atomic E-state index is -0.180. The average molecular weight is 694 g/mol. The van der Waals surface area contributed by atoms with Gasteiger partial charge in [-0.05, 0) is 121 Å². The smallest absolute Gasteiger partial charge is 0.0465 e. The first-order chi connectivity index (χ1) is 26.3. The van der Waals surface area contributed by atoms with E-state index in [0.29, 0.717) is 0 Å². The van der Waals surface area contributed by atoms with Crippen LogP contribution in [0.15, 0.2) is 182 Å². The minimum absolute atomic E-state index is 0.124. The lowest BCUT2D eigenvalue weighted by atomic mass is 9.77. The SMILES string of the molecule is CC1(C)c2cc(N(c3ccccc3)c3ccccc3)ccc2-c2cc3c(cc21)-c1c(cc(C(c2ccccc2)c2ccccc2)c2ccccc12)C3(C)C. The molecule has 2 aliphatic rings.